The molecule has 0 spiro atoms. The third-order valence-corrected chi connectivity index (χ3v) is 6.00. The van der Waals surface area contributed by atoms with Crippen LogP contribution in [0.15, 0.2) is 0 Å². The zero-order chi connectivity index (χ0) is 15.0. The Morgan fingerprint density at radius 2 is 1.06 bits per heavy atom. The number of halogens is 6. The second kappa shape index (κ2) is 4.85. The molecule has 5 nitrogen and oxygen atoms in total. The van der Waals surface area contributed by atoms with Gasteiger partial charge in [-0.05, 0) is 0 Å². The molecule has 0 aromatic rings. The average molecular weight is 323 g/mol. The van der Waals surface area contributed by atoms with E-state index in [9.17, 15) is 43.2 Å². The molecule has 0 N–H and O–H groups in total. The van der Waals surface area contributed by atoms with Crippen LogP contribution in [0.4, 0.5) is 26.3 Å². The van der Waals surface area contributed by atoms with E-state index in [2.05, 4.69) is 0 Å². The second-order valence-electron chi connectivity index (χ2n) is 2.93. The van der Waals surface area contributed by atoms with Crippen LogP contribution in [-0.2, 0) is 20.0 Å². The van der Waals surface area contributed by atoms with Crippen molar-refractivity contribution in [2.24, 2.45) is 0 Å². The van der Waals surface area contributed by atoms with Crippen LogP contribution < -0.4 is 0 Å². The predicted molar refractivity (Wildman–Crippen MR) is 47.4 cm³/mol. The molecule has 0 radical (unpaired) electrons. The summed E-state index contributed by atoms with van der Waals surface area (Å²) < 4.78 is 116. The highest BCUT2D eigenvalue weighted by atomic mass is 32.3. The number of hydrogen-bond acceptors (Lipinski definition) is 4. The van der Waals surface area contributed by atoms with Crippen molar-refractivity contribution in [2.45, 2.75) is 10.5 Å². The molecule has 13 heteroatoms. The summed E-state index contributed by atoms with van der Waals surface area (Å²) in [5.41, 5.74) is 0. The summed E-state index contributed by atoms with van der Waals surface area (Å²) in [6.07, 6.45) is 0. The zero-order valence-electron chi connectivity index (χ0n) is 8.58. The van der Waals surface area contributed by atoms with Crippen molar-refractivity contribution in [2.75, 3.05) is 20.4 Å². The fourth-order valence-corrected chi connectivity index (χ4v) is 3.36. The lowest BCUT2D eigenvalue weighted by Gasteiger charge is -2.24. The molecular weight excluding hydrogens is 316 g/mol. The van der Waals surface area contributed by atoms with Crippen LogP contribution in [0.25, 0.3) is 0 Å². The largest absolute Gasteiger partial charge is 0.387 e. The first-order chi connectivity index (χ1) is 7.78. The van der Waals surface area contributed by atoms with Gasteiger partial charge in [-0.25, -0.2) is 25.6 Å². The van der Waals surface area contributed by atoms with Gasteiger partial charge >= 0.3 is 10.5 Å². The molecule has 0 rings (SSSR count). The maximum Gasteiger partial charge on any atom is 0.387 e. The summed E-state index contributed by atoms with van der Waals surface area (Å²) in [7, 11) is -12.7. The normalized spacial score (nSPS) is 15.1. The molecule has 0 bridgehead atoms. The van der Waals surface area contributed by atoms with Gasteiger partial charge in [0.1, 0.15) is 0 Å². The standard InChI is InChI=1S/C5H7F6NO4S2/c1-12(17(13,14)4(8,9)2-6)18(15,16)5(10,11)3-7/h2-3H2,1H3. The Labute approximate surface area is 98.5 Å². The van der Waals surface area contributed by atoms with Gasteiger partial charge in [0.05, 0.1) is 0 Å². The Kier molecular flexibility index (Phi) is 4.69. The lowest BCUT2D eigenvalue weighted by atomic mass is 10.8. The summed E-state index contributed by atoms with van der Waals surface area (Å²) in [6.45, 7) is -5.65. The van der Waals surface area contributed by atoms with E-state index in [1.165, 1.54) is 0 Å². The molecule has 0 aromatic carbocycles. The third-order valence-electron chi connectivity index (χ3n) is 1.74. The Morgan fingerprint density at radius 1 is 0.833 bits per heavy atom. The van der Waals surface area contributed by atoms with Crippen molar-refractivity contribution in [3.63, 3.8) is 0 Å². The summed E-state index contributed by atoms with van der Waals surface area (Å²) in [5, 5.41) is -10.4. The van der Waals surface area contributed by atoms with Gasteiger partial charge in [0.25, 0.3) is 20.0 Å². The van der Waals surface area contributed by atoms with Crippen molar-refractivity contribution in [1.82, 2.24) is 3.71 Å². The highest BCUT2D eigenvalue weighted by Crippen LogP contribution is 2.32. The van der Waals surface area contributed by atoms with Gasteiger partial charge in [0.15, 0.2) is 13.3 Å². The number of nitrogens with zero attached hydrogens (tertiary/aromatic N) is 1. The first kappa shape index (κ1) is 17.4. The summed E-state index contributed by atoms with van der Waals surface area (Å²) >= 11 is 0. The molecule has 0 fully saturated rings. The van der Waals surface area contributed by atoms with Gasteiger partial charge < -0.3 is 0 Å². The quantitative estimate of drug-likeness (QED) is 0.675. The minimum absolute atomic E-state index is 0.169. The van der Waals surface area contributed by atoms with E-state index in [4.69, 9.17) is 0 Å². The molecule has 0 aromatic heterocycles. The van der Waals surface area contributed by atoms with Gasteiger partial charge in [0.2, 0.25) is 0 Å². The number of alkyl halides is 6. The van der Waals surface area contributed by atoms with Gasteiger partial charge in [0, 0.05) is 7.05 Å². The number of hydrogen-bond donors (Lipinski definition) is 0. The maximum absolute atomic E-state index is 12.6. The maximum atomic E-state index is 12.6. The molecule has 0 amide bonds. The molecule has 0 atom stereocenters. The molecule has 0 saturated heterocycles. The van der Waals surface area contributed by atoms with Gasteiger partial charge in [-0.15, -0.1) is 0 Å². The lowest BCUT2D eigenvalue weighted by Crippen LogP contribution is -2.50. The molecule has 0 aliphatic carbocycles. The summed E-state index contributed by atoms with van der Waals surface area (Å²) in [4.78, 5) is 0. The molecule has 110 valence electrons. The van der Waals surface area contributed by atoms with Crippen molar-refractivity contribution in [1.29, 1.82) is 0 Å². The van der Waals surface area contributed by atoms with E-state index in [0.717, 1.165) is 0 Å². The van der Waals surface area contributed by atoms with E-state index in [1.807, 2.05) is 0 Å². The fraction of sp³-hybridized carbons (Fsp3) is 1.00. The first-order valence-corrected chi connectivity index (χ1v) is 6.76. The van der Waals surface area contributed by atoms with Crippen LogP contribution in [0.5, 0.6) is 0 Å². The van der Waals surface area contributed by atoms with Crippen molar-refractivity contribution in [3.05, 3.63) is 0 Å². The van der Waals surface area contributed by atoms with Crippen molar-refractivity contribution in [3.8, 4) is 0 Å². The van der Waals surface area contributed by atoms with Crippen LogP contribution in [0.3, 0.4) is 0 Å². The van der Waals surface area contributed by atoms with Crippen LogP contribution >= 0.6 is 0 Å². The fourth-order valence-electron chi connectivity index (χ4n) is 0.643. The third kappa shape index (κ3) is 2.56. The SMILES string of the molecule is CN(S(=O)(=O)C(F)(F)CF)S(=O)(=O)C(F)(F)CF. The summed E-state index contributed by atoms with van der Waals surface area (Å²) in [5.74, 6) is 0. The second-order valence-corrected chi connectivity index (χ2v) is 7.35. The Morgan fingerprint density at radius 3 is 1.22 bits per heavy atom. The van der Waals surface area contributed by atoms with Crippen LogP contribution in [0, 0.1) is 0 Å². The zero-order valence-corrected chi connectivity index (χ0v) is 10.2. The Bertz CT molecular complexity index is 454. The summed E-state index contributed by atoms with van der Waals surface area (Å²) in [6, 6.07) is 0. The van der Waals surface area contributed by atoms with E-state index >= 15 is 0 Å². The predicted octanol–water partition coefficient (Wildman–Crippen LogP) is 0.702. The minimum atomic E-state index is -6.25. The van der Waals surface area contributed by atoms with E-state index in [1.54, 1.807) is 0 Å². The monoisotopic (exact) mass is 323 g/mol. The lowest BCUT2D eigenvalue weighted by molar-refractivity contribution is 0.0513. The van der Waals surface area contributed by atoms with Crippen LogP contribution in [0.2, 0.25) is 0 Å². The van der Waals surface area contributed by atoms with Gasteiger partial charge in [-0.2, -0.15) is 17.6 Å². The topological polar surface area (TPSA) is 71.5 Å². The Hall–Kier alpha value is -0.560. The van der Waals surface area contributed by atoms with E-state index in [-0.39, 0.29) is 7.05 Å². The smallest absolute Gasteiger partial charge is 0.243 e. The molecule has 0 aliphatic heterocycles. The van der Waals surface area contributed by atoms with Gasteiger partial charge in [-0.1, -0.05) is 3.71 Å². The molecule has 0 aliphatic rings. The van der Waals surface area contributed by atoms with E-state index in [0.29, 0.717) is 0 Å². The van der Waals surface area contributed by atoms with Crippen LogP contribution in [-0.4, -0.2) is 51.5 Å². The average Bonchev–Trinajstić information content (AvgIpc) is 2.27. The highest BCUT2D eigenvalue weighted by molar-refractivity contribution is 8.05. The Balaban J connectivity index is 5.79. The van der Waals surface area contributed by atoms with Gasteiger partial charge in [-0.3, -0.25) is 0 Å². The van der Waals surface area contributed by atoms with Crippen molar-refractivity contribution >= 4 is 20.0 Å². The molecule has 0 saturated carbocycles. The van der Waals surface area contributed by atoms with Crippen molar-refractivity contribution < 1.29 is 43.2 Å². The molecular formula is C5H7F6NO4S2. The molecule has 0 heterocycles. The van der Waals surface area contributed by atoms with E-state index < -0.39 is 47.6 Å². The van der Waals surface area contributed by atoms with Crippen LogP contribution in [0.1, 0.15) is 0 Å². The minimum Gasteiger partial charge on any atom is -0.243 e. The number of rotatable bonds is 6. The number of sulfonamides is 2. The molecule has 18 heavy (non-hydrogen) atoms. The highest BCUT2D eigenvalue weighted by Gasteiger charge is 2.58. The molecule has 0 unspecified atom stereocenters. The first-order valence-electron chi connectivity index (χ1n) is 3.88.